The van der Waals surface area contributed by atoms with Crippen molar-refractivity contribution < 1.29 is 8.78 Å². The number of hydrogen-bond donors (Lipinski definition) is 0. The van der Waals surface area contributed by atoms with Crippen LogP contribution in [0.25, 0.3) is 0 Å². The van der Waals surface area contributed by atoms with Gasteiger partial charge in [-0.25, -0.2) is 8.78 Å². The highest BCUT2D eigenvalue weighted by molar-refractivity contribution is 5.21. The first-order valence-corrected chi connectivity index (χ1v) is 5.66. The summed E-state index contributed by atoms with van der Waals surface area (Å²) in [7, 11) is 0. The van der Waals surface area contributed by atoms with Crippen molar-refractivity contribution in [1.82, 2.24) is 0 Å². The van der Waals surface area contributed by atoms with Crippen molar-refractivity contribution in [3.8, 4) is 0 Å². The Morgan fingerprint density at radius 1 is 0.765 bits per heavy atom. The van der Waals surface area contributed by atoms with E-state index in [-0.39, 0.29) is 12.0 Å². The van der Waals surface area contributed by atoms with Crippen LogP contribution in [0.4, 0.5) is 8.78 Å². The van der Waals surface area contributed by atoms with Gasteiger partial charge in [0.1, 0.15) is 0 Å². The Balaban J connectivity index is 2.03. The molecule has 0 bridgehead atoms. The second-order valence-electron chi connectivity index (χ2n) is 4.06. The van der Waals surface area contributed by atoms with Crippen LogP contribution < -0.4 is 0 Å². The van der Waals surface area contributed by atoms with Gasteiger partial charge in [0.15, 0.2) is 0 Å². The topological polar surface area (TPSA) is 0 Å². The summed E-state index contributed by atoms with van der Waals surface area (Å²) >= 11 is 0. The summed E-state index contributed by atoms with van der Waals surface area (Å²) < 4.78 is 27.7. The molecule has 0 aliphatic rings. The molecule has 0 radical (unpaired) electrons. The molecule has 0 saturated heterocycles. The van der Waals surface area contributed by atoms with Gasteiger partial charge in [-0.1, -0.05) is 60.7 Å². The average Bonchev–Trinajstić information content (AvgIpc) is 2.39. The minimum absolute atomic E-state index is 0.0935. The first kappa shape index (κ1) is 11.8. The van der Waals surface area contributed by atoms with Crippen LogP contribution in [0.2, 0.25) is 0 Å². The van der Waals surface area contributed by atoms with Gasteiger partial charge in [-0.3, -0.25) is 0 Å². The predicted molar refractivity (Wildman–Crippen MR) is 65.1 cm³/mol. The highest BCUT2D eigenvalue weighted by Crippen LogP contribution is 2.32. The van der Waals surface area contributed by atoms with Crippen molar-refractivity contribution in [1.29, 1.82) is 0 Å². The molecule has 0 atom stereocenters. The van der Waals surface area contributed by atoms with Crippen molar-refractivity contribution in [2.45, 2.75) is 18.8 Å². The SMILES string of the molecule is FC(F)(CCc1ccccc1)c1ccccc1. The Hall–Kier alpha value is -1.70. The summed E-state index contributed by atoms with van der Waals surface area (Å²) in [6, 6.07) is 17.4. The molecule has 2 heteroatoms. The maximum atomic E-state index is 13.8. The molecule has 0 amide bonds. The molecule has 0 unspecified atom stereocenters. The number of hydrogen-bond acceptors (Lipinski definition) is 0. The number of aryl methyl sites for hydroxylation is 1. The second kappa shape index (κ2) is 5.09. The maximum absolute atomic E-state index is 13.8. The molecular weight excluding hydrogens is 218 g/mol. The fraction of sp³-hybridized carbons (Fsp3) is 0.200. The van der Waals surface area contributed by atoms with Gasteiger partial charge in [0, 0.05) is 12.0 Å². The van der Waals surface area contributed by atoms with E-state index in [0.29, 0.717) is 6.42 Å². The Morgan fingerprint density at radius 2 is 1.29 bits per heavy atom. The average molecular weight is 232 g/mol. The van der Waals surface area contributed by atoms with Gasteiger partial charge >= 0.3 is 0 Å². The lowest BCUT2D eigenvalue weighted by Gasteiger charge is -2.16. The number of benzene rings is 2. The zero-order valence-electron chi connectivity index (χ0n) is 9.44. The largest absolute Gasteiger partial charge is 0.273 e. The van der Waals surface area contributed by atoms with E-state index in [1.54, 1.807) is 18.2 Å². The molecule has 0 fully saturated rings. The first-order chi connectivity index (χ1) is 8.18. The highest BCUT2D eigenvalue weighted by Gasteiger charge is 2.30. The van der Waals surface area contributed by atoms with Crippen molar-refractivity contribution >= 4 is 0 Å². The van der Waals surface area contributed by atoms with Crippen LogP contribution in [-0.2, 0) is 12.3 Å². The monoisotopic (exact) mass is 232 g/mol. The van der Waals surface area contributed by atoms with Crippen LogP contribution in [-0.4, -0.2) is 0 Å². The number of halogens is 2. The third-order valence-electron chi connectivity index (χ3n) is 2.77. The zero-order chi connectivity index (χ0) is 12.1. The molecule has 0 saturated carbocycles. The van der Waals surface area contributed by atoms with E-state index in [1.807, 2.05) is 30.3 Å². The van der Waals surface area contributed by atoms with E-state index in [2.05, 4.69) is 0 Å². The third-order valence-corrected chi connectivity index (χ3v) is 2.77. The van der Waals surface area contributed by atoms with Crippen LogP contribution in [0.3, 0.4) is 0 Å². The van der Waals surface area contributed by atoms with E-state index < -0.39 is 5.92 Å². The predicted octanol–water partition coefficient (Wildman–Crippen LogP) is 4.41. The van der Waals surface area contributed by atoms with Gasteiger partial charge < -0.3 is 0 Å². The van der Waals surface area contributed by atoms with Crippen molar-refractivity contribution in [2.75, 3.05) is 0 Å². The summed E-state index contributed by atoms with van der Waals surface area (Å²) in [6.07, 6.45) is 0.240. The van der Waals surface area contributed by atoms with Crippen molar-refractivity contribution in [3.05, 3.63) is 71.8 Å². The van der Waals surface area contributed by atoms with E-state index in [9.17, 15) is 8.78 Å². The molecule has 2 aromatic carbocycles. The third kappa shape index (κ3) is 3.13. The summed E-state index contributed by atoms with van der Waals surface area (Å²) in [5.74, 6) is -2.75. The van der Waals surface area contributed by atoms with Gasteiger partial charge in [-0.2, -0.15) is 0 Å². The number of alkyl halides is 2. The highest BCUT2D eigenvalue weighted by atomic mass is 19.3. The molecule has 0 heterocycles. The first-order valence-electron chi connectivity index (χ1n) is 5.66. The summed E-state index contributed by atoms with van der Waals surface area (Å²) in [5.41, 5.74) is 1.04. The minimum atomic E-state index is -2.75. The molecule has 0 aliphatic heterocycles. The van der Waals surface area contributed by atoms with Crippen LogP contribution in [0.5, 0.6) is 0 Å². The standard InChI is InChI=1S/C15H14F2/c16-15(17,14-9-5-2-6-10-14)12-11-13-7-3-1-4-8-13/h1-10H,11-12H2. The molecule has 0 nitrogen and oxygen atoms in total. The summed E-state index contributed by atoms with van der Waals surface area (Å²) in [6.45, 7) is 0. The van der Waals surface area contributed by atoms with E-state index in [0.717, 1.165) is 5.56 Å². The van der Waals surface area contributed by atoms with Crippen LogP contribution in [0.1, 0.15) is 17.5 Å². The fourth-order valence-corrected chi connectivity index (χ4v) is 1.77. The minimum Gasteiger partial charge on any atom is -0.201 e. The molecule has 0 spiro atoms. The Bertz CT molecular complexity index is 449. The smallest absolute Gasteiger partial charge is 0.201 e. The molecule has 17 heavy (non-hydrogen) atoms. The zero-order valence-corrected chi connectivity index (χ0v) is 9.44. The Morgan fingerprint density at radius 3 is 1.88 bits per heavy atom. The molecular formula is C15H14F2. The van der Waals surface area contributed by atoms with Crippen molar-refractivity contribution in [3.63, 3.8) is 0 Å². The fourth-order valence-electron chi connectivity index (χ4n) is 1.77. The summed E-state index contributed by atoms with van der Waals surface area (Å²) in [4.78, 5) is 0. The quantitative estimate of drug-likeness (QED) is 0.732. The second-order valence-corrected chi connectivity index (χ2v) is 4.06. The van der Waals surface area contributed by atoms with E-state index >= 15 is 0 Å². The van der Waals surface area contributed by atoms with E-state index in [1.165, 1.54) is 12.1 Å². The molecule has 0 N–H and O–H groups in total. The van der Waals surface area contributed by atoms with Gasteiger partial charge in [0.25, 0.3) is 5.92 Å². The van der Waals surface area contributed by atoms with Gasteiger partial charge in [-0.15, -0.1) is 0 Å². The lowest BCUT2D eigenvalue weighted by Crippen LogP contribution is -2.14. The van der Waals surface area contributed by atoms with E-state index in [4.69, 9.17) is 0 Å². The summed E-state index contributed by atoms with van der Waals surface area (Å²) in [5, 5.41) is 0. The van der Waals surface area contributed by atoms with Crippen LogP contribution in [0, 0.1) is 0 Å². The molecule has 88 valence electrons. The number of rotatable bonds is 4. The normalized spacial score (nSPS) is 11.4. The van der Waals surface area contributed by atoms with Crippen LogP contribution >= 0.6 is 0 Å². The lowest BCUT2D eigenvalue weighted by molar-refractivity contribution is -0.0130. The van der Waals surface area contributed by atoms with Gasteiger partial charge in [0.05, 0.1) is 0 Å². The van der Waals surface area contributed by atoms with Gasteiger partial charge in [0.2, 0.25) is 0 Å². The van der Waals surface area contributed by atoms with Crippen LogP contribution in [0.15, 0.2) is 60.7 Å². The Kier molecular flexibility index (Phi) is 3.52. The molecule has 0 aliphatic carbocycles. The van der Waals surface area contributed by atoms with Crippen molar-refractivity contribution in [2.24, 2.45) is 0 Å². The maximum Gasteiger partial charge on any atom is 0.273 e. The van der Waals surface area contributed by atoms with Gasteiger partial charge in [-0.05, 0) is 12.0 Å². The molecule has 2 aromatic rings. The molecule has 2 rings (SSSR count). The lowest BCUT2D eigenvalue weighted by atomic mass is 10.0. The Labute approximate surface area is 99.9 Å². The molecule has 0 aromatic heterocycles.